The summed E-state index contributed by atoms with van der Waals surface area (Å²) in [6.07, 6.45) is -40.1. The number of ether oxygens (including phenoxy) is 9. The Hall–Kier alpha value is -2.47. The van der Waals surface area contributed by atoms with Gasteiger partial charge in [0.1, 0.15) is 116 Å². The van der Waals surface area contributed by atoms with E-state index in [-0.39, 0.29) is 0 Å². The molecule has 0 saturated carbocycles. The zero-order chi connectivity index (χ0) is 47.5. The first kappa shape index (κ1) is 52.5. The van der Waals surface area contributed by atoms with Crippen molar-refractivity contribution in [2.75, 3.05) is 26.4 Å². The van der Waals surface area contributed by atoms with Crippen LogP contribution >= 0.6 is 0 Å². The third-order valence-electron chi connectivity index (χ3n) is 11.5. The van der Waals surface area contributed by atoms with E-state index in [9.17, 15) is 80.8 Å². The van der Waals surface area contributed by atoms with Crippen molar-refractivity contribution < 1.29 is 123 Å². The standard InChI is InChI=1S/C36H61N3O25/c1-9-20(47)26(53)27(54)35(56-9)64-31-30(24(51)16(8-43)60-36(31)62-28-18(38-11(3)45)32(55)57-14(6-41)22(28)49)63-34-19(39-12(4)46)29(23(50)15(7-42)59-34)61-33-17(37-10(2)44)25(52)21(48)13(5-40)58-33/h9,13-36,40-43,47-55H,5-8H2,1-4H3,(H,37,44)(H,38,45)(H,39,46)/t9-,13+,14+,15+,16+,17+,18+,19+,20+,21+,22-,23-,24-,25+,26+,27-,28+,29+,30-,31+,32-,33+,34+,35-,36-/m0/s1. The average molecular weight is 936 g/mol. The molecule has 3 amide bonds. The molecule has 370 valence electrons. The zero-order valence-corrected chi connectivity index (χ0v) is 35.0. The van der Waals surface area contributed by atoms with Gasteiger partial charge in [-0.3, -0.25) is 14.4 Å². The van der Waals surface area contributed by atoms with Gasteiger partial charge in [-0.15, -0.1) is 0 Å². The maximum absolute atomic E-state index is 12.8. The van der Waals surface area contributed by atoms with Gasteiger partial charge in [-0.05, 0) is 6.92 Å². The number of aliphatic hydroxyl groups is 13. The molecule has 16 N–H and O–H groups in total. The highest BCUT2D eigenvalue weighted by atomic mass is 16.8. The highest BCUT2D eigenvalue weighted by Gasteiger charge is 2.58. The number of hydrogen-bond donors (Lipinski definition) is 16. The number of aliphatic hydroxyl groups excluding tert-OH is 13. The second-order valence-electron chi connectivity index (χ2n) is 16.1. The first-order chi connectivity index (χ1) is 30.2. The van der Waals surface area contributed by atoms with E-state index in [2.05, 4.69) is 16.0 Å². The predicted octanol–water partition coefficient (Wildman–Crippen LogP) is -10.5. The quantitative estimate of drug-likeness (QED) is 0.0725. The Morgan fingerprint density at radius 2 is 0.797 bits per heavy atom. The van der Waals surface area contributed by atoms with Crippen LogP contribution in [0.25, 0.3) is 0 Å². The maximum Gasteiger partial charge on any atom is 0.217 e. The van der Waals surface area contributed by atoms with E-state index in [1.165, 1.54) is 6.92 Å². The van der Waals surface area contributed by atoms with Crippen LogP contribution in [0.3, 0.4) is 0 Å². The summed E-state index contributed by atoms with van der Waals surface area (Å²) >= 11 is 0. The van der Waals surface area contributed by atoms with E-state index >= 15 is 0 Å². The van der Waals surface area contributed by atoms with Crippen molar-refractivity contribution >= 4 is 17.7 Å². The largest absolute Gasteiger partial charge is 0.394 e. The molecule has 0 aromatic carbocycles. The van der Waals surface area contributed by atoms with E-state index in [0.29, 0.717) is 0 Å². The first-order valence-corrected chi connectivity index (χ1v) is 20.4. The van der Waals surface area contributed by atoms with E-state index in [1.807, 2.05) is 0 Å². The van der Waals surface area contributed by atoms with Crippen molar-refractivity contribution in [1.82, 2.24) is 16.0 Å². The van der Waals surface area contributed by atoms with Gasteiger partial charge >= 0.3 is 0 Å². The van der Waals surface area contributed by atoms with Crippen molar-refractivity contribution in [2.45, 2.75) is 181 Å². The Morgan fingerprint density at radius 1 is 0.406 bits per heavy atom. The van der Waals surface area contributed by atoms with E-state index in [0.717, 1.165) is 20.8 Å². The highest BCUT2D eigenvalue weighted by Crippen LogP contribution is 2.37. The lowest BCUT2D eigenvalue weighted by atomic mass is 9.93. The summed E-state index contributed by atoms with van der Waals surface area (Å²) in [5.74, 6) is -2.33. The van der Waals surface area contributed by atoms with Crippen molar-refractivity contribution in [1.29, 1.82) is 0 Å². The molecule has 5 aliphatic rings. The van der Waals surface area contributed by atoms with Crippen LogP contribution in [0.5, 0.6) is 0 Å². The van der Waals surface area contributed by atoms with Gasteiger partial charge in [0.25, 0.3) is 0 Å². The van der Waals surface area contributed by atoms with Gasteiger partial charge in [-0.25, -0.2) is 0 Å². The predicted molar refractivity (Wildman–Crippen MR) is 200 cm³/mol. The lowest BCUT2D eigenvalue weighted by molar-refractivity contribution is -0.398. The van der Waals surface area contributed by atoms with Crippen LogP contribution in [0.15, 0.2) is 0 Å². The summed E-state index contributed by atoms with van der Waals surface area (Å²) in [5.41, 5.74) is 0. The second kappa shape index (κ2) is 22.6. The fourth-order valence-electron chi connectivity index (χ4n) is 8.15. The minimum Gasteiger partial charge on any atom is -0.394 e. The molecule has 0 spiro atoms. The molecule has 0 aromatic heterocycles. The Morgan fingerprint density at radius 3 is 1.33 bits per heavy atom. The maximum atomic E-state index is 12.8. The van der Waals surface area contributed by atoms with E-state index in [4.69, 9.17) is 42.6 Å². The topological polar surface area (TPSA) is 433 Å². The number of rotatable bonds is 15. The molecule has 0 radical (unpaired) electrons. The average Bonchev–Trinajstić information content (AvgIpc) is 3.24. The molecule has 5 saturated heterocycles. The van der Waals surface area contributed by atoms with Crippen LogP contribution in [0.1, 0.15) is 27.7 Å². The third-order valence-corrected chi connectivity index (χ3v) is 11.5. The molecule has 5 rings (SSSR count). The lowest BCUT2D eigenvalue weighted by Crippen LogP contribution is -2.71. The molecule has 5 heterocycles. The molecule has 28 nitrogen and oxygen atoms in total. The third kappa shape index (κ3) is 11.4. The van der Waals surface area contributed by atoms with Crippen molar-refractivity contribution in [3.05, 3.63) is 0 Å². The molecule has 28 heteroatoms. The fraction of sp³-hybridized carbons (Fsp3) is 0.917. The fourth-order valence-corrected chi connectivity index (χ4v) is 8.15. The SMILES string of the molecule is CC(=O)N[C@@H]1[C@@H](O[C@@H]2O[C@H](CO)[C@H](O)[C@H](O[C@H]3O[C@H](CO)[C@H](O)[C@H](O[C@H]4O[C@H](CO)[C@@H](O)[C@H](O)[C@H]4NC(C)=O)[C@H]3NC(C)=O)[C@H]2O[C@@H]2O[C@@H](C)[C@@H](O)[C@@H](O)[C@@H]2O)[C@@H](O)[C@@H](CO)O[C@@H]1O. The summed E-state index contributed by atoms with van der Waals surface area (Å²) < 4.78 is 53.0. The summed E-state index contributed by atoms with van der Waals surface area (Å²) in [4.78, 5) is 37.2. The van der Waals surface area contributed by atoms with Crippen LogP contribution < -0.4 is 16.0 Å². The van der Waals surface area contributed by atoms with Crippen molar-refractivity contribution in [3.8, 4) is 0 Å². The van der Waals surface area contributed by atoms with Crippen LogP contribution in [0.4, 0.5) is 0 Å². The number of amides is 3. The summed E-state index contributed by atoms with van der Waals surface area (Å²) in [5, 5.41) is 147. The van der Waals surface area contributed by atoms with Gasteiger partial charge in [0.05, 0.1) is 32.5 Å². The van der Waals surface area contributed by atoms with E-state index in [1.54, 1.807) is 0 Å². The van der Waals surface area contributed by atoms with Gasteiger partial charge in [0.15, 0.2) is 31.5 Å². The second-order valence-corrected chi connectivity index (χ2v) is 16.1. The Balaban J connectivity index is 1.58. The van der Waals surface area contributed by atoms with Crippen LogP contribution in [-0.4, -0.2) is 264 Å². The Labute approximate surface area is 364 Å². The molecular formula is C36H61N3O25. The number of nitrogens with one attached hydrogen (secondary N) is 3. The normalized spacial score (nSPS) is 47.7. The van der Waals surface area contributed by atoms with Gasteiger partial charge < -0.3 is 125 Å². The summed E-state index contributed by atoms with van der Waals surface area (Å²) in [6, 6.07) is -4.94. The molecule has 64 heavy (non-hydrogen) atoms. The van der Waals surface area contributed by atoms with Gasteiger partial charge in [0.2, 0.25) is 17.7 Å². The van der Waals surface area contributed by atoms with Crippen molar-refractivity contribution in [3.63, 3.8) is 0 Å². The molecule has 0 aliphatic carbocycles. The molecule has 5 fully saturated rings. The minimum atomic E-state index is -2.05. The zero-order valence-electron chi connectivity index (χ0n) is 35.0. The molecule has 0 aromatic rings. The Kier molecular flexibility index (Phi) is 18.5. The Bertz CT molecular complexity index is 1540. The van der Waals surface area contributed by atoms with Crippen LogP contribution in [0.2, 0.25) is 0 Å². The summed E-state index contributed by atoms with van der Waals surface area (Å²) in [7, 11) is 0. The number of hydrogen-bond acceptors (Lipinski definition) is 25. The van der Waals surface area contributed by atoms with Crippen molar-refractivity contribution in [2.24, 2.45) is 0 Å². The highest BCUT2D eigenvalue weighted by molar-refractivity contribution is 5.74. The molecule has 5 aliphatic heterocycles. The lowest BCUT2D eigenvalue weighted by Gasteiger charge is -2.52. The number of carbonyl (C=O) groups excluding carboxylic acids is 3. The minimum absolute atomic E-state index is 0.743. The smallest absolute Gasteiger partial charge is 0.217 e. The first-order valence-electron chi connectivity index (χ1n) is 20.4. The van der Waals surface area contributed by atoms with Gasteiger partial charge in [-0.2, -0.15) is 0 Å². The monoisotopic (exact) mass is 935 g/mol. The van der Waals surface area contributed by atoms with E-state index < -0.39 is 197 Å². The van der Waals surface area contributed by atoms with Crippen LogP contribution in [0, 0.1) is 0 Å². The van der Waals surface area contributed by atoms with Gasteiger partial charge in [0, 0.05) is 20.8 Å². The summed E-state index contributed by atoms with van der Waals surface area (Å²) in [6.45, 7) is 0.696. The van der Waals surface area contributed by atoms with Crippen LogP contribution in [-0.2, 0) is 57.0 Å². The molecule has 0 bridgehead atoms. The molecular weight excluding hydrogens is 874 g/mol. The number of carbonyl (C=O) groups is 3. The molecule has 0 unspecified atom stereocenters. The van der Waals surface area contributed by atoms with Gasteiger partial charge in [-0.1, -0.05) is 0 Å². The molecule has 25 atom stereocenters.